The molecule has 1 heterocycles. The van der Waals surface area contributed by atoms with E-state index in [2.05, 4.69) is 13.8 Å². The average Bonchev–Trinajstić information content (AvgIpc) is 2.91. The summed E-state index contributed by atoms with van der Waals surface area (Å²) in [5, 5.41) is 0. The fourth-order valence-corrected chi connectivity index (χ4v) is 3.31. The topological polar surface area (TPSA) is 55.6 Å². The van der Waals surface area contributed by atoms with Gasteiger partial charge in [0.15, 0.2) is 0 Å². The Balaban J connectivity index is 1.88. The van der Waals surface area contributed by atoms with Crippen molar-refractivity contribution >= 4 is 5.91 Å². The van der Waals surface area contributed by atoms with Gasteiger partial charge in [0.2, 0.25) is 5.91 Å². The van der Waals surface area contributed by atoms with E-state index in [1.807, 2.05) is 4.90 Å². The zero-order chi connectivity index (χ0) is 13.8. The molecular formula is C15H28N2O2. The standard InChI is InChI=1S/C15H28N2O2/c1-3-17(10-13-5-4-8-19-13)15(18)12-6-7-14(16)11(2)9-12/h11-14H,3-10,16H2,1-2H3. The van der Waals surface area contributed by atoms with E-state index in [-0.39, 0.29) is 18.1 Å². The second-order valence-corrected chi connectivity index (χ2v) is 6.16. The summed E-state index contributed by atoms with van der Waals surface area (Å²) in [6, 6.07) is 0.275. The predicted molar refractivity (Wildman–Crippen MR) is 75.7 cm³/mol. The highest BCUT2D eigenvalue weighted by Gasteiger charge is 2.32. The van der Waals surface area contributed by atoms with Gasteiger partial charge in [0, 0.05) is 31.7 Å². The van der Waals surface area contributed by atoms with Gasteiger partial charge in [-0.2, -0.15) is 0 Å². The molecule has 110 valence electrons. The van der Waals surface area contributed by atoms with Crippen LogP contribution in [0.1, 0.15) is 46.0 Å². The first-order valence-electron chi connectivity index (χ1n) is 7.77. The third-order valence-corrected chi connectivity index (χ3v) is 4.73. The van der Waals surface area contributed by atoms with Gasteiger partial charge >= 0.3 is 0 Å². The molecule has 1 aliphatic heterocycles. The number of likely N-dealkylation sites (N-methyl/N-ethyl adjacent to an activating group) is 1. The highest BCUT2D eigenvalue weighted by Crippen LogP contribution is 2.29. The lowest BCUT2D eigenvalue weighted by Gasteiger charge is -2.34. The second kappa shape index (κ2) is 6.71. The fraction of sp³-hybridized carbons (Fsp3) is 0.933. The smallest absolute Gasteiger partial charge is 0.225 e. The maximum atomic E-state index is 12.6. The summed E-state index contributed by atoms with van der Waals surface area (Å²) in [4.78, 5) is 14.6. The highest BCUT2D eigenvalue weighted by molar-refractivity contribution is 5.79. The largest absolute Gasteiger partial charge is 0.376 e. The third-order valence-electron chi connectivity index (χ3n) is 4.73. The lowest BCUT2D eigenvalue weighted by atomic mass is 9.78. The number of hydrogen-bond donors (Lipinski definition) is 1. The van der Waals surface area contributed by atoms with E-state index in [0.717, 1.165) is 51.8 Å². The Morgan fingerprint density at radius 1 is 1.37 bits per heavy atom. The first-order valence-corrected chi connectivity index (χ1v) is 7.77. The van der Waals surface area contributed by atoms with E-state index in [9.17, 15) is 4.79 Å². The summed E-state index contributed by atoms with van der Waals surface area (Å²) in [5.41, 5.74) is 6.04. The zero-order valence-corrected chi connectivity index (χ0v) is 12.3. The van der Waals surface area contributed by atoms with Crippen LogP contribution in [-0.2, 0) is 9.53 Å². The van der Waals surface area contributed by atoms with Gasteiger partial charge < -0.3 is 15.4 Å². The second-order valence-electron chi connectivity index (χ2n) is 6.16. The van der Waals surface area contributed by atoms with Crippen LogP contribution < -0.4 is 5.73 Å². The van der Waals surface area contributed by atoms with Crippen LogP contribution in [0.15, 0.2) is 0 Å². The molecule has 2 aliphatic rings. The third kappa shape index (κ3) is 3.69. The minimum absolute atomic E-state index is 0.177. The molecule has 0 aromatic carbocycles. The van der Waals surface area contributed by atoms with Crippen molar-refractivity contribution in [2.45, 2.75) is 58.1 Å². The van der Waals surface area contributed by atoms with E-state index in [4.69, 9.17) is 10.5 Å². The number of ether oxygens (including phenoxy) is 1. The number of nitrogens with two attached hydrogens (primary N) is 1. The average molecular weight is 268 g/mol. The van der Waals surface area contributed by atoms with Crippen molar-refractivity contribution in [1.29, 1.82) is 0 Å². The summed E-state index contributed by atoms with van der Waals surface area (Å²) in [5.74, 6) is 0.956. The van der Waals surface area contributed by atoms with Gasteiger partial charge in [0.25, 0.3) is 0 Å². The normalized spacial score (nSPS) is 35.3. The van der Waals surface area contributed by atoms with Crippen LogP contribution in [0.5, 0.6) is 0 Å². The fourth-order valence-electron chi connectivity index (χ4n) is 3.31. The summed E-state index contributed by atoms with van der Waals surface area (Å²) >= 11 is 0. The Bertz CT molecular complexity index is 303. The van der Waals surface area contributed by atoms with Gasteiger partial charge in [0.1, 0.15) is 0 Å². The summed E-state index contributed by atoms with van der Waals surface area (Å²) in [6.45, 7) is 6.64. The van der Waals surface area contributed by atoms with Crippen LogP contribution in [0, 0.1) is 11.8 Å². The van der Waals surface area contributed by atoms with Crippen LogP contribution in [0.25, 0.3) is 0 Å². The lowest BCUT2D eigenvalue weighted by molar-refractivity contribution is -0.138. The van der Waals surface area contributed by atoms with E-state index >= 15 is 0 Å². The summed E-state index contributed by atoms with van der Waals surface area (Å²) in [6.07, 6.45) is 5.36. The van der Waals surface area contributed by atoms with Crippen molar-refractivity contribution < 1.29 is 9.53 Å². The monoisotopic (exact) mass is 268 g/mol. The molecule has 0 bridgehead atoms. The molecule has 0 radical (unpaired) electrons. The molecule has 4 heteroatoms. The molecule has 0 spiro atoms. The molecule has 0 aromatic rings. The molecule has 2 fully saturated rings. The Morgan fingerprint density at radius 3 is 2.74 bits per heavy atom. The van der Waals surface area contributed by atoms with Crippen molar-refractivity contribution in [3.05, 3.63) is 0 Å². The molecule has 19 heavy (non-hydrogen) atoms. The Labute approximate surface area is 116 Å². The maximum absolute atomic E-state index is 12.6. The Morgan fingerprint density at radius 2 is 2.16 bits per heavy atom. The van der Waals surface area contributed by atoms with Crippen molar-refractivity contribution in [2.75, 3.05) is 19.7 Å². The number of carbonyl (C=O) groups excluding carboxylic acids is 1. The molecule has 1 aliphatic carbocycles. The minimum Gasteiger partial charge on any atom is -0.376 e. The summed E-state index contributed by atoms with van der Waals surface area (Å²) in [7, 11) is 0. The van der Waals surface area contributed by atoms with Gasteiger partial charge in [-0.05, 0) is 44.9 Å². The van der Waals surface area contributed by atoms with E-state index in [1.165, 1.54) is 0 Å². The Hall–Kier alpha value is -0.610. The first kappa shape index (κ1) is 14.8. The van der Waals surface area contributed by atoms with Crippen LogP contribution in [-0.4, -0.2) is 42.6 Å². The molecule has 4 unspecified atom stereocenters. The quantitative estimate of drug-likeness (QED) is 0.845. The molecule has 4 atom stereocenters. The molecule has 2 rings (SSSR count). The van der Waals surface area contributed by atoms with Gasteiger partial charge in [-0.25, -0.2) is 0 Å². The highest BCUT2D eigenvalue weighted by atomic mass is 16.5. The van der Waals surface area contributed by atoms with Crippen LogP contribution in [0.2, 0.25) is 0 Å². The zero-order valence-electron chi connectivity index (χ0n) is 12.3. The molecule has 1 saturated carbocycles. The van der Waals surface area contributed by atoms with E-state index in [1.54, 1.807) is 0 Å². The minimum atomic E-state index is 0.177. The van der Waals surface area contributed by atoms with Crippen LogP contribution >= 0.6 is 0 Å². The molecule has 1 saturated heterocycles. The van der Waals surface area contributed by atoms with Gasteiger partial charge in [-0.3, -0.25) is 4.79 Å². The molecule has 1 amide bonds. The van der Waals surface area contributed by atoms with Gasteiger partial charge in [-0.15, -0.1) is 0 Å². The van der Waals surface area contributed by atoms with Crippen LogP contribution in [0.3, 0.4) is 0 Å². The lowest BCUT2D eigenvalue weighted by Crippen LogP contribution is -2.44. The van der Waals surface area contributed by atoms with Gasteiger partial charge in [-0.1, -0.05) is 6.92 Å². The number of hydrogen-bond acceptors (Lipinski definition) is 3. The summed E-state index contributed by atoms with van der Waals surface area (Å²) < 4.78 is 5.65. The number of amides is 1. The molecule has 2 N–H and O–H groups in total. The van der Waals surface area contributed by atoms with Crippen molar-refractivity contribution in [1.82, 2.24) is 4.90 Å². The molecule has 0 aromatic heterocycles. The van der Waals surface area contributed by atoms with Crippen molar-refractivity contribution in [3.8, 4) is 0 Å². The van der Waals surface area contributed by atoms with E-state index < -0.39 is 0 Å². The number of carbonyl (C=O) groups is 1. The SMILES string of the molecule is CCN(CC1CCCO1)C(=O)C1CCC(N)C(C)C1. The number of rotatable bonds is 4. The molecule has 4 nitrogen and oxygen atoms in total. The Kier molecular flexibility index (Phi) is 5.22. The number of nitrogens with zero attached hydrogens (tertiary/aromatic N) is 1. The van der Waals surface area contributed by atoms with Crippen LogP contribution in [0.4, 0.5) is 0 Å². The van der Waals surface area contributed by atoms with Gasteiger partial charge in [0.05, 0.1) is 6.10 Å². The predicted octanol–water partition coefficient (Wildman–Crippen LogP) is 1.78. The van der Waals surface area contributed by atoms with E-state index in [0.29, 0.717) is 11.8 Å². The first-order chi connectivity index (χ1) is 9.11. The maximum Gasteiger partial charge on any atom is 0.225 e. The molecular weight excluding hydrogens is 240 g/mol. The van der Waals surface area contributed by atoms with Crippen molar-refractivity contribution in [2.24, 2.45) is 17.6 Å². The van der Waals surface area contributed by atoms with Crippen molar-refractivity contribution in [3.63, 3.8) is 0 Å².